The molecule has 5 rings (SSSR count). The highest BCUT2D eigenvalue weighted by molar-refractivity contribution is 7.81. The fourth-order valence-electron chi connectivity index (χ4n) is 8.94. The number of thiol groups is 1. The number of hydrogen-bond donors (Lipinski definition) is 1. The Morgan fingerprint density at radius 3 is 2.53 bits per heavy atom. The highest BCUT2D eigenvalue weighted by Gasteiger charge is 2.60. The molecular formula is C29H44S. The molecule has 0 saturated heterocycles. The molecular weight excluding hydrogens is 380 g/mol. The Balaban J connectivity index is 1.24. The van der Waals surface area contributed by atoms with Crippen LogP contribution in [0.5, 0.6) is 0 Å². The van der Waals surface area contributed by atoms with Gasteiger partial charge >= 0.3 is 0 Å². The summed E-state index contributed by atoms with van der Waals surface area (Å²) in [6.45, 7) is 7.38. The minimum absolute atomic E-state index is 0.375. The normalized spacial score (nSPS) is 45.5. The summed E-state index contributed by atoms with van der Waals surface area (Å²) in [5.74, 6) is 5.69. The maximum Gasteiger partial charge on any atom is 0.0189 e. The van der Waals surface area contributed by atoms with Crippen molar-refractivity contribution in [1.29, 1.82) is 0 Å². The number of aryl methyl sites for hydroxylation is 2. The van der Waals surface area contributed by atoms with Gasteiger partial charge in [0.05, 0.1) is 0 Å². The van der Waals surface area contributed by atoms with E-state index in [-0.39, 0.29) is 0 Å². The summed E-state index contributed by atoms with van der Waals surface area (Å²) in [6, 6.07) is 9.24. The largest absolute Gasteiger partial charge is 0.172 e. The van der Waals surface area contributed by atoms with Crippen molar-refractivity contribution in [3.05, 3.63) is 35.4 Å². The van der Waals surface area contributed by atoms with Crippen LogP contribution in [0.4, 0.5) is 0 Å². The van der Waals surface area contributed by atoms with Crippen molar-refractivity contribution in [2.75, 3.05) is 0 Å². The second-order valence-corrected chi connectivity index (χ2v) is 13.1. The second kappa shape index (κ2) is 8.17. The highest BCUT2D eigenvalue weighted by atomic mass is 32.1. The van der Waals surface area contributed by atoms with E-state index < -0.39 is 0 Å². The Morgan fingerprint density at radius 1 is 0.933 bits per heavy atom. The van der Waals surface area contributed by atoms with Crippen LogP contribution < -0.4 is 0 Å². The third kappa shape index (κ3) is 3.60. The highest BCUT2D eigenvalue weighted by Crippen LogP contribution is 2.67. The van der Waals surface area contributed by atoms with Gasteiger partial charge in [0.25, 0.3) is 0 Å². The first-order valence-electron chi connectivity index (χ1n) is 13.2. The standard InChI is InChI=1S/C29H44S/c1-20-7-9-22(10-8-20)5-4-6-23-12-14-26-25-13-11-24-19-21(2)15-18-29(24,30)27(25)16-17-28(23,26)3/h7-10,21,23-27,30H,4-6,11-19H2,1-3H3. The van der Waals surface area contributed by atoms with Gasteiger partial charge in [0.1, 0.15) is 0 Å². The van der Waals surface area contributed by atoms with E-state index in [2.05, 4.69) is 45.0 Å². The molecule has 8 unspecified atom stereocenters. The van der Waals surface area contributed by atoms with E-state index in [0.29, 0.717) is 10.2 Å². The molecule has 0 aromatic heterocycles. The molecule has 4 aliphatic rings. The molecule has 0 aliphatic heterocycles. The molecule has 1 heteroatoms. The van der Waals surface area contributed by atoms with Crippen LogP contribution in [-0.2, 0) is 6.42 Å². The zero-order valence-corrected chi connectivity index (χ0v) is 20.6. The summed E-state index contributed by atoms with van der Waals surface area (Å²) in [5, 5.41) is 0. The summed E-state index contributed by atoms with van der Waals surface area (Å²) < 4.78 is 0.375. The molecule has 1 aromatic rings. The third-order valence-corrected chi connectivity index (χ3v) is 11.6. The molecule has 0 heterocycles. The van der Waals surface area contributed by atoms with Gasteiger partial charge in [-0.2, -0.15) is 12.6 Å². The van der Waals surface area contributed by atoms with E-state index in [9.17, 15) is 0 Å². The van der Waals surface area contributed by atoms with Crippen molar-refractivity contribution in [2.45, 2.75) is 103 Å². The van der Waals surface area contributed by atoms with Crippen molar-refractivity contribution in [3.8, 4) is 0 Å². The van der Waals surface area contributed by atoms with Crippen LogP contribution in [0.3, 0.4) is 0 Å². The number of fused-ring (bicyclic) bond motifs is 5. The molecule has 4 aliphatic carbocycles. The van der Waals surface area contributed by atoms with E-state index >= 15 is 0 Å². The Labute approximate surface area is 191 Å². The van der Waals surface area contributed by atoms with Crippen LogP contribution in [-0.4, -0.2) is 4.75 Å². The van der Waals surface area contributed by atoms with Crippen LogP contribution in [0, 0.1) is 47.8 Å². The average Bonchev–Trinajstić information content (AvgIpc) is 3.06. The molecule has 0 N–H and O–H groups in total. The van der Waals surface area contributed by atoms with Gasteiger partial charge in [0.2, 0.25) is 0 Å². The number of rotatable bonds is 4. The van der Waals surface area contributed by atoms with Gasteiger partial charge in [-0.15, -0.1) is 0 Å². The minimum Gasteiger partial charge on any atom is -0.172 e. The molecule has 4 fully saturated rings. The van der Waals surface area contributed by atoms with Crippen LogP contribution in [0.25, 0.3) is 0 Å². The molecule has 1 aromatic carbocycles. The molecule has 8 atom stereocenters. The monoisotopic (exact) mass is 424 g/mol. The van der Waals surface area contributed by atoms with Crippen LogP contribution in [0.15, 0.2) is 24.3 Å². The van der Waals surface area contributed by atoms with Gasteiger partial charge in [0.15, 0.2) is 0 Å². The van der Waals surface area contributed by atoms with Gasteiger partial charge in [-0.05, 0) is 130 Å². The summed E-state index contributed by atoms with van der Waals surface area (Å²) >= 11 is 5.52. The van der Waals surface area contributed by atoms with Crippen molar-refractivity contribution >= 4 is 12.6 Å². The van der Waals surface area contributed by atoms with E-state index in [1.54, 1.807) is 0 Å². The quantitative estimate of drug-likeness (QED) is 0.462. The molecule has 0 spiro atoms. The minimum atomic E-state index is 0.375. The first kappa shape index (κ1) is 21.4. The van der Waals surface area contributed by atoms with Crippen molar-refractivity contribution < 1.29 is 0 Å². The smallest absolute Gasteiger partial charge is 0.0189 e. The molecule has 30 heavy (non-hydrogen) atoms. The lowest BCUT2D eigenvalue weighted by Gasteiger charge is -2.60. The van der Waals surface area contributed by atoms with E-state index in [1.807, 2.05) is 0 Å². The zero-order valence-electron chi connectivity index (χ0n) is 19.7. The third-order valence-electron chi connectivity index (χ3n) is 10.7. The van der Waals surface area contributed by atoms with Crippen LogP contribution in [0.2, 0.25) is 0 Å². The predicted molar refractivity (Wildman–Crippen MR) is 132 cm³/mol. The molecule has 4 saturated carbocycles. The molecule has 0 bridgehead atoms. The molecule has 0 radical (unpaired) electrons. The van der Waals surface area contributed by atoms with E-state index in [4.69, 9.17) is 12.6 Å². The fourth-order valence-corrected chi connectivity index (χ4v) is 9.62. The first-order chi connectivity index (χ1) is 14.4. The maximum atomic E-state index is 5.52. The average molecular weight is 425 g/mol. The van der Waals surface area contributed by atoms with Crippen LogP contribution >= 0.6 is 12.6 Å². The Hall–Kier alpha value is -0.430. The van der Waals surface area contributed by atoms with Crippen LogP contribution in [0.1, 0.15) is 95.6 Å². The predicted octanol–water partition coefficient (Wildman–Crippen LogP) is 8.28. The van der Waals surface area contributed by atoms with Gasteiger partial charge in [0, 0.05) is 4.75 Å². The Morgan fingerprint density at radius 2 is 1.73 bits per heavy atom. The van der Waals surface area contributed by atoms with Gasteiger partial charge in [-0.1, -0.05) is 43.7 Å². The lowest BCUT2D eigenvalue weighted by Crippen LogP contribution is -2.55. The fraction of sp³-hybridized carbons (Fsp3) is 0.793. The van der Waals surface area contributed by atoms with E-state index in [0.717, 1.165) is 35.5 Å². The van der Waals surface area contributed by atoms with Gasteiger partial charge in [-0.3, -0.25) is 0 Å². The summed E-state index contributed by atoms with van der Waals surface area (Å²) in [4.78, 5) is 0. The maximum absolute atomic E-state index is 5.52. The summed E-state index contributed by atoms with van der Waals surface area (Å²) in [5.41, 5.74) is 3.53. The van der Waals surface area contributed by atoms with Gasteiger partial charge < -0.3 is 0 Å². The summed E-state index contributed by atoms with van der Waals surface area (Å²) in [6.07, 6.45) is 17.3. The lowest BCUT2D eigenvalue weighted by molar-refractivity contribution is -0.0533. The molecule has 0 amide bonds. The molecule has 0 nitrogen and oxygen atoms in total. The number of benzene rings is 1. The van der Waals surface area contributed by atoms with Crippen molar-refractivity contribution in [3.63, 3.8) is 0 Å². The summed E-state index contributed by atoms with van der Waals surface area (Å²) in [7, 11) is 0. The van der Waals surface area contributed by atoms with Crippen molar-refractivity contribution in [2.24, 2.45) is 40.9 Å². The second-order valence-electron chi connectivity index (χ2n) is 12.2. The first-order valence-corrected chi connectivity index (χ1v) is 13.6. The number of hydrogen-bond acceptors (Lipinski definition) is 1. The zero-order chi connectivity index (χ0) is 20.9. The Kier molecular flexibility index (Phi) is 5.83. The SMILES string of the molecule is Cc1ccc(CCCC2CCC3C4CCC5CC(C)CCC5(S)C4CCC23C)cc1. The van der Waals surface area contributed by atoms with Crippen molar-refractivity contribution in [1.82, 2.24) is 0 Å². The Bertz CT molecular complexity index is 737. The topological polar surface area (TPSA) is 0 Å². The molecule has 166 valence electrons. The van der Waals surface area contributed by atoms with Gasteiger partial charge in [-0.25, -0.2) is 0 Å². The lowest BCUT2D eigenvalue weighted by atomic mass is 9.48. The van der Waals surface area contributed by atoms with E-state index in [1.165, 1.54) is 88.2 Å².